The van der Waals surface area contributed by atoms with Gasteiger partial charge in [-0.3, -0.25) is 4.79 Å². The lowest BCUT2D eigenvalue weighted by Gasteiger charge is -2.14. The van der Waals surface area contributed by atoms with Crippen molar-refractivity contribution in [1.82, 2.24) is 5.32 Å². The van der Waals surface area contributed by atoms with Crippen LogP contribution in [-0.2, 0) is 11.3 Å². The van der Waals surface area contributed by atoms with Gasteiger partial charge in [-0.15, -0.1) is 0 Å². The Labute approximate surface area is 149 Å². The number of anilines is 1. The van der Waals surface area contributed by atoms with Crippen LogP contribution in [-0.4, -0.2) is 26.7 Å². The Morgan fingerprint density at radius 1 is 1.04 bits per heavy atom. The SMILES string of the molecule is COc1ccc(CNC(=O)CNc2ccccc2C(C)C)cc1OC. The fourth-order valence-corrected chi connectivity index (χ4v) is 2.59. The highest BCUT2D eigenvalue weighted by Gasteiger charge is 2.08. The number of ether oxygens (including phenoxy) is 2. The molecular formula is C20H26N2O3. The van der Waals surface area contributed by atoms with E-state index in [0.29, 0.717) is 24.0 Å². The van der Waals surface area contributed by atoms with Crippen LogP contribution in [0.4, 0.5) is 5.69 Å². The Kier molecular flexibility index (Phi) is 6.69. The van der Waals surface area contributed by atoms with Crippen molar-refractivity contribution in [2.45, 2.75) is 26.3 Å². The zero-order valence-corrected chi connectivity index (χ0v) is 15.3. The molecule has 5 heteroatoms. The van der Waals surface area contributed by atoms with Gasteiger partial charge in [0.2, 0.25) is 5.91 Å². The van der Waals surface area contributed by atoms with Crippen molar-refractivity contribution in [2.24, 2.45) is 0 Å². The number of methoxy groups -OCH3 is 2. The average Bonchev–Trinajstić information content (AvgIpc) is 2.64. The summed E-state index contributed by atoms with van der Waals surface area (Å²) in [6.45, 7) is 4.94. The second kappa shape index (κ2) is 8.97. The Balaban J connectivity index is 1.89. The molecule has 0 unspecified atom stereocenters. The fraction of sp³-hybridized carbons (Fsp3) is 0.350. The minimum Gasteiger partial charge on any atom is -0.493 e. The topological polar surface area (TPSA) is 59.6 Å². The third-order valence-electron chi connectivity index (χ3n) is 3.96. The van der Waals surface area contributed by atoms with Crippen molar-refractivity contribution in [3.8, 4) is 11.5 Å². The molecule has 134 valence electrons. The predicted octanol–water partition coefficient (Wildman–Crippen LogP) is 3.56. The lowest BCUT2D eigenvalue weighted by molar-refractivity contribution is -0.119. The molecule has 0 aliphatic carbocycles. The van der Waals surface area contributed by atoms with Crippen molar-refractivity contribution < 1.29 is 14.3 Å². The number of hydrogen-bond donors (Lipinski definition) is 2. The minimum atomic E-state index is -0.0617. The first-order chi connectivity index (χ1) is 12.0. The summed E-state index contributed by atoms with van der Waals surface area (Å²) in [5.74, 6) is 1.66. The van der Waals surface area contributed by atoms with Crippen molar-refractivity contribution in [3.63, 3.8) is 0 Å². The molecule has 0 saturated carbocycles. The summed E-state index contributed by atoms with van der Waals surface area (Å²) in [4.78, 5) is 12.1. The highest BCUT2D eigenvalue weighted by Crippen LogP contribution is 2.27. The molecule has 25 heavy (non-hydrogen) atoms. The normalized spacial score (nSPS) is 10.4. The zero-order chi connectivity index (χ0) is 18.2. The summed E-state index contributed by atoms with van der Waals surface area (Å²) in [7, 11) is 3.19. The zero-order valence-electron chi connectivity index (χ0n) is 15.3. The maximum atomic E-state index is 12.1. The predicted molar refractivity (Wildman–Crippen MR) is 100 cm³/mol. The molecule has 2 N–H and O–H groups in total. The summed E-state index contributed by atoms with van der Waals surface area (Å²) in [6.07, 6.45) is 0. The Morgan fingerprint density at radius 3 is 2.44 bits per heavy atom. The number of rotatable bonds is 8. The monoisotopic (exact) mass is 342 g/mol. The molecule has 0 fully saturated rings. The first-order valence-corrected chi connectivity index (χ1v) is 8.35. The summed E-state index contributed by atoms with van der Waals surface area (Å²) in [6, 6.07) is 13.7. The van der Waals surface area contributed by atoms with Crippen LogP contribution in [0.25, 0.3) is 0 Å². The fourth-order valence-electron chi connectivity index (χ4n) is 2.59. The molecule has 0 aliphatic rings. The standard InChI is InChI=1S/C20H26N2O3/c1-14(2)16-7-5-6-8-17(16)21-13-20(23)22-12-15-9-10-18(24-3)19(11-15)25-4/h5-11,14,21H,12-13H2,1-4H3,(H,22,23). The van der Waals surface area contributed by atoms with Gasteiger partial charge in [0, 0.05) is 12.2 Å². The van der Waals surface area contributed by atoms with Gasteiger partial charge in [-0.1, -0.05) is 38.1 Å². The van der Waals surface area contributed by atoms with Crippen LogP contribution < -0.4 is 20.1 Å². The first kappa shape index (κ1) is 18.6. The molecular weight excluding hydrogens is 316 g/mol. The van der Waals surface area contributed by atoms with E-state index in [2.05, 4.69) is 30.5 Å². The molecule has 2 rings (SSSR count). The van der Waals surface area contributed by atoms with Crippen LogP contribution in [0.1, 0.15) is 30.9 Å². The van der Waals surface area contributed by atoms with Crippen LogP contribution in [0, 0.1) is 0 Å². The molecule has 1 amide bonds. The third kappa shape index (κ3) is 5.14. The smallest absolute Gasteiger partial charge is 0.239 e. The maximum absolute atomic E-state index is 12.1. The van der Waals surface area contributed by atoms with Crippen LogP contribution in [0.15, 0.2) is 42.5 Å². The Hall–Kier alpha value is -2.69. The van der Waals surface area contributed by atoms with E-state index < -0.39 is 0 Å². The van der Waals surface area contributed by atoms with E-state index in [-0.39, 0.29) is 12.5 Å². The summed E-state index contributed by atoms with van der Waals surface area (Å²) >= 11 is 0. The average molecular weight is 342 g/mol. The maximum Gasteiger partial charge on any atom is 0.239 e. The van der Waals surface area contributed by atoms with Crippen molar-refractivity contribution >= 4 is 11.6 Å². The van der Waals surface area contributed by atoms with E-state index in [4.69, 9.17) is 9.47 Å². The van der Waals surface area contributed by atoms with Gasteiger partial charge in [-0.2, -0.15) is 0 Å². The van der Waals surface area contributed by atoms with Gasteiger partial charge in [-0.25, -0.2) is 0 Å². The first-order valence-electron chi connectivity index (χ1n) is 8.35. The van der Waals surface area contributed by atoms with Gasteiger partial charge < -0.3 is 20.1 Å². The van der Waals surface area contributed by atoms with Crippen LogP contribution >= 0.6 is 0 Å². The van der Waals surface area contributed by atoms with E-state index in [1.54, 1.807) is 14.2 Å². The van der Waals surface area contributed by atoms with E-state index in [9.17, 15) is 4.79 Å². The molecule has 0 bridgehead atoms. The highest BCUT2D eigenvalue weighted by atomic mass is 16.5. The Bertz CT molecular complexity index is 714. The second-order valence-electron chi connectivity index (χ2n) is 6.06. The molecule has 0 heterocycles. The number of hydrogen-bond acceptors (Lipinski definition) is 4. The van der Waals surface area contributed by atoms with E-state index >= 15 is 0 Å². The van der Waals surface area contributed by atoms with Gasteiger partial charge in [0.25, 0.3) is 0 Å². The highest BCUT2D eigenvalue weighted by molar-refractivity contribution is 5.81. The number of amides is 1. The molecule has 2 aromatic carbocycles. The van der Waals surface area contributed by atoms with Crippen molar-refractivity contribution in [3.05, 3.63) is 53.6 Å². The molecule has 0 atom stereocenters. The quantitative estimate of drug-likeness (QED) is 0.770. The van der Waals surface area contributed by atoms with E-state index in [1.165, 1.54) is 5.56 Å². The van der Waals surface area contributed by atoms with Crippen LogP contribution in [0.3, 0.4) is 0 Å². The molecule has 0 spiro atoms. The Morgan fingerprint density at radius 2 is 1.76 bits per heavy atom. The number of carbonyl (C=O) groups excluding carboxylic acids is 1. The van der Waals surface area contributed by atoms with Crippen molar-refractivity contribution in [2.75, 3.05) is 26.1 Å². The number of nitrogens with one attached hydrogen (secondary N) is 2. The number of benzene rings is 2. The van der Waals surface area contributed by atoms with Gasteiger partial charge in [0.05, 0.1) is 20.8 Å². The van der Waals surface area contributed by atoms with Gasteiger partial charge in [-0.05, 0) is 35.2 Å². The molecule has 2 aromatic rings. The molecule has 5 nitrogen and oxygen atoms in total. The largest absolute Gasteiger partial charge is 0.493 e. The molecule has 0 saturated heterocycles. The second-order valence-corrected chi connectivity index (χ2v) is 6.06. The van der Waals surface area contributed by atoms with E-state index in [1.807, 2.05) is 36.4 Å². The molecule has 0 aliphatic heterocycles. The lowest BCUT2D eigenvalue weighted by atomic mass is 10.0. The minimum absolute atomic E-state index is 0.0617. The lowest BCUT2D eigenvalue weighted by Crippen LogP contribution is -2.29. The van der Waals surface area contributed by atoms with Crippen molar-refractivity contribution in [1.29, 1.82) is 0 Å². The van der Waals surface area contributed by atoms with Gasteiger partial charge >= 0.3 is 0 Å². The molecule has 0 radical (unpaired) electrons. The van der Waals surface area contributed by atoms with Gasteiger partial charge in [0.1, 0.15) is 0 Å². The summed E-state index contributed by atoms with van der Waals surface area (Å²) in [5, 5.41) is 6.12. The number of carbonyl (C=O) groups is 1. The van der Waals surface area contributed by atoms with Gasteiger partial charge in [0.15, 0.2) is 11.5 Å². The van der Waals surface area contributed by atoms with Crippen LogP contribution in [0.2, 0.25) is 0 Å². The third-order valence-corrected chi connectivity index (χ3v) is 3.96. The molecule has 0 aromatic heterocycles. The van der Waals surface area contributed by atoms with Crippen LogP contribution in [0.5, 0.6) is 11.5 Å². The number of para-hydroxylation sites is 1. The summed E-state index contributed by atoms with van der Waals surface area (Å²) < 4.78 is 10.5. The summed E-state index contributed by atoms with van der Waals surface area (Å²) in [5.41, 5.74) is 3.16. The van der Waals surface area contributed by atoms with E-state index in [0.717, 1.165) is 11.3 Å².